The first kappa shape index (κ1) is 26.0. The third-order valence-electron chi connectivity index (χ3n) is 3.51. The summed E-state index contributed by atoms with van der Waals surface area (Å²) in [6, 6.07) is 7.28. The van der Waals surface area contributed by atoms with Crippen molar-refractivity contribution >= 4 is 24.3 Å². The highest BCUT2D eigenvalue weighted by atomic mass is 16.6. The molecule has 5 N–H and O–H groups in total. The van der Waals surface area contributed by atoms with Crippen molar-refractivity contribution in [3.63, 3.8) is 0 Å². The van der Waals surface area contributed by atoms with Crippen molar-refractivity contribution in [2.75, 3.05) is 12.3 Å². The van der Waals surface area contributed by atoms with Gasteiger partial charge >= 0.3 is 12.2 Å². The number of unbranched alkanes of at least 4 members (excludes halogenated alkanes) is 1. The first-order valence-corrected chi connectivity index (χ1v) is 9.40. The van der Waals surface area contributed by atoms with E-state index in [4.69, 9.17) is 25.1 Å². The molecule has 0 radical (unpaired) electrons. The minimum atomic E-state index is -0.501. The molecule has 0 bridgehead atoms. The van der Waals surface area contributed by atoms with E-state index in [1.54, 1.807) is 6.07 Å². The summed E-state index contributed by atoms with van der Waals surface area (Å²) in [4.78, 5) is 31.7. The van der Waals surface area contributed by atoms with Crippen molar-refractivity contribution in [1.82, 2.24) is 10.6 Å². The highest BCUT2D eigenvalue weighted by molar-refractivity contribution is 5.68. The number of nitrogen functional groups attached to an aromatic ring is 1. The molecule has 0 aliphatic rings. The summed E-state index contributed by atoms with van der Waals surface area (Å²) >= 11 is 0. The van der Waals surface area contributed by atoms with Crippen LogP contribution in [0.15, 0.2) is 24.3 Å². The zero-order valence-electron chi connectivity index (χ0n) is 17.6. The van der Waals surface area contributed by atoms with Crippen molar-refractivity contribution < 1.29 is 29.0 Å². The second-order valence-corrected chi connectivity index (χ2v) is 7.35. The molecule has 0 heterocycles. The number of alkyl carbamates (subject to hydrolysis) is 2. The molecule has 1 aromatic carbocycles. The maximum atomic E-state index is 11.7. The Kier molecular flexibility index (Phi) is 12.6. The van der Waals surface area contributed by atoms with E-state index in [9.17, 15) is 9.59 Å². The molecule has 0 saturated heterocycles. The minimum Gasteiger partial charge on any atom is -0.483 e. The lowest BCUT2D eigenvalue weighted by atomic mass is 10.1. The van der Waals surface area contributed by atoms with E-state index in [0.29, 0.717) is 12.2 Å². The van der Waals surface area contributed by atoms with Crippen LogP contribution in [0.5, 0.6) is 0 Å². The lowest BCUT2D eigenvalue weighted by Gasteiger charge is -2.21. The number of hydrogen-bond acceptors (Lipinski definition) is 6. The highest BCUT2D eigenvalue weighted by Crippen LogP contribution is 2.11. The molecule has 1 aromatic rings. The average molecular weight is 411 g/mol. The molecule has 1 rings (SSSR count). The second kappa shape index (κ2) is 14.1. The third-order valence-corrected chi connectivity index (χ3v) is 3.51. The Balaban J connectivity index is 0.00000245. The van der Waals surface area contributed by atoms with Crippen LogP contribution in [-0.2, 0) is 20.9 Å². The average Bonchev–Trinajstić information content (AvgIpc) is 2.59. The molecule has 164 valence electrons. The Labute approximate surface area is 171 Å². The van der Waals surface area contributed by atoms with E-state index in [-0.39, 0.29) is 19.1 Å². The van der Waals surface area contributed by atoms with Crippen LogP contribution in [-0.4, -0.2) is 42.0 Å². The molecule has 29 heavy (non-hydrogen) atoms. The van der Waals surface area contributed by atoms with E-state index in [0.717, 1.165) is 24.8 Å². The van der Waals surface area contributed by atoms with Crippen LogP contribution in [0.3, 0.4) is 0 Å². The van der Waals surface area contributed by atoms with Gasteiger partial charge in [-0.05, 0) is 53.0 Å². The molecule has 9 nitrogen and oxygen atoms in total. The first-order valence-electron chi connectivity index (χ1n) is 9.40. The molecule has 1 atom stereocenters. The number of carboxylic acid groups (broad SMARTS) is 1. The molecule has 9 heteroatoms. The summed E-state index contributed by atoms with van der Waals surface area (Å²) < 4.78 is 10.3. The Hall–Kier alpha value is -2.97. The summed E-state index contributed by atoms with van der Waals surface area (Å²) in [5.74, 6) is 0. The zero-order chi connectivity index (χ0) is 22.3. The van der Waals surface area contributed by atoms with Gasteiger partial charge in [-0.15, -0.1) is 0 Å². The van der Waals surface area contributed by atoms with Gasteiger partial charge in [0.1, 0.15) is 12.2 Å². The Morgan fingerprint density at radius 1 is 1.21 bits per heavy atom. The number of carbonyl (C=O) groups is 3. The fourth-order valence-electron chi connectivity index (χ4n) is 2.21. The molecule has 1 unspecified atom stereocenters. The SMILES string of the molecule is CC(CCCCNC(=O)OCc1ccccc1N)NC(=O)OC(C)(C)C.O=CO. The molecule has 0 aliphatic heterocycles. The number of amides is 2. The summed E-state index contributed by atoms with van der Waals surface area (Å²) in [6.45, 7) is 7.82. The molecular weight excluding hydrogens is 378 g/mol. The fraction of sp³-hybridized carbons (Fsp3) is 0.550. The van der Waals surface area contributed by atoms with E-state index < -0.39 is 17.8 Å². The lowest BCUT2D eigenvalue weighted by molar-refractivity contribution is -0.122. The number of rotatable bonds is 8. The maximum Gasteiger partial charge on any atom is 0.407 e. The summed E-state index contributed by atoms with van der Waals surface area (Å²) in [7, 11) is 0. The third kappa shape index (κ3) is 14.7. The Bertz CT molecular complexity index is 631. The van der Waals surface area contributed by atoms with Crippen molar-refractivity contribution in [3.05, 3.63) is 29.8 Å². The summed E-state index contributed by atoms with van der Waals surface area (Å²) in [5, 5.41) is 12.4. The monoisotopic (exact) mass is 411 g/mol. The van der Waals surface area contributed by atoms with Crippen molar-refractivity contribution in [1.29, 1.82) is 0 Å². The number of ether oxygens (including phenoxy) is 2. The Morgan fingerprint density at radius 2 is 1.83 bits per heavy atom. The molecule has 0 spiro atoms. The number of para-hydroxylation sites is 1. The molecule has 2 amide bonds. The summed E-state index contributed by atoms with van der Waals surface area (Å²) in [5.41, 5.74) is 6.68. The molecular formula is C20H33N3O6. The maximum absolute atomic E-state index is 11.7. The molecule has 0 aromatic heterocycles. The van der Waals surface area contributed by atoms with Crippen LogP contribution < -0.4 is 16.4 Å². The zero-order valence-corrected chi connectivity index (χ0v) is 17.6. The number of nitrogens with one attached hydrogen (secondary N) is 2. The number of nitrogens with two attached hydrogens (primary N) is 1. The van der Waals surface area contributed by atoms with Crippen LogP contribution in [0, 0.1) is 0 Å². The number of carbonyl (C=O) groups excluding carboxylic acids is 2. The molecule has 0 fully saturated rings. The van der Waals surface area contributed by atoms with Gasteiger partial charge in [0.05, 0.1) is 0 Å². The normalized spacial score (nSPS) is 11.3. The standard InChI is InChI=1S/C19H31N3O4.CH2O2/c1-14(22-18(24)26-19(2,3)4)9-7-8-12-21-17(23)25-13-15-10-5-6-11-16(15)20;2-1-3/h5-6,10-11,14H,7-9,12-13,20H2,1-4H3,(H,21,23)(H,22,24);1H,(H,2,3). The van der Waals surface area contributed by atoms with Crippen LogP contribution in [0.1, 0.15) is 52.5 Å². The van der Waals surface area contributed by atoms with Gasteiger partial charge in [0.2, 0.25) is 0 Å². The van der Waals surface area contributed by atoms with Crippen molar-refractivity contribution in [3.8, 4) is 0 Å². The topological polar surface area (TPSA) is 140 Å². The molecule has 0 aliphatic carbocycles. The van der Waals surface area contributed by atoms with E-state index >= 15 is 0 Å². The second-order valence-electron chi connectivity index (χ2n) is 7.35. The number of hydrogen-bond donors (Lipinski definition) is 4. The lowest BCUT2D eigenvalue weighted by Crippen LogP contribution is -2.37. The van der Waals surface area contributed by atoms with Gasteiger partial charge in [-0.25, -0.2) is 9.59 Å². The smallest absolute Gasteiger partial charge is 0.407 e. The van der Waals surface area contributed by atoms with Gasteiger partial charge in [-0.2, -0.15) is 0 Å². The van der Waals surface area contributed by atoms with Gasteiger partial charge in [0, 0.05) is 23.8 Å². The van der Waals surface area contributed by atoms with Gasteiger partial charge in [0.15, 0.2) is 0 Å². The first-order chi connectivity index (χ1) is 13.6. The molecule has 0 saturated carbocycles. The number of benzene rings is 1. The van der Waals surface area contributed by atoms with Crippen molar-refractivity contribution in [2.24, 2.45) is 0 Å². The van der Waals surface area contributed by atoms with Crippen LogP contribution in [0.4, 0.5) is 15.3 Å². The van der Waals surface area contributed by atoms with E-state index in [2.05, 4.69) is 10.6 Å². The van der Waals surface area contributed by atoms with Crippen LogP contribution in [0.25, 0.3) is 0 Å². The minimum absolute atomic E-state index is 0.0119. The quantitative estimate of drug-likeness (QED) is 0.292. The van der Waals surface area contributed by atoms with E-state index in [1.807, 2.05) is 45.9 Å². The predicted octanol–water partition coefficient (Wildman–Crippen LogP) is 3.28. The summed E-state index contributed by atoms with van der Waals surface area (Å²) in [6.07, 6.45) is 1.59. The van der Waals surface area contributed by atoms with E-state index in [1.165, 1.54) is 0 Å². The van der Waals surface area contributed by atoms with Gasteiger partial charge < -0.3 is 30.9 Å². The van der Waals surface area contributed by atoms with Gasteiger partial charge in [-0.1, -0.05) is 18.2 Å². The highest BCUT2D eigenvalue weighted by Gasteiger charge is 2.17. The van der Waals surface area contributed by atoms with Gasteiger partial charge in [0.25, 0.3) is 6.47 Å². The van der Waals surface area contributed by atoms with Gasteiger partial charge in [-0.3, -0.25) is 4.79 Å². The number of anilines is 1. The largest absolute Gasteiger partial charge is 0.483 e. The van der Waals surface area contributed by atoms with Crippen LogP contribution in [0.2, 0.25) is 0 Å². The van der Waals surface area contributed by atoms with Crippen LogP contribution >= 0.6 is 0 Å². The fourth-order valence-corrected chi connectivity index (χ4v) is 2.21. The Morgan fingerprint density at radius 3 is 2.41 bits per heavy atom. The van der Waals surface area contributed by atoms with Crippen molar-refractivity contribution in [2.45, 2.75) is 65.2 Å². The predicted molar refractivity (Wildman–Crippen MR) is 110 cm³/mol.